The molecule has 0 radical (unpaired) electrons. The van der Waals surface area contributed by atoms with Crippen LogP contribution in [0.3, 0.4) is 0 Å². The number of H-pyrrole nitrogens is 1. The van der Waals surface area contributed by atoms with Crippen LogP contribution in [0.15, 0.2) is 53.6 Å². The van der Waals surface area contributed by atoms with E-state index in [0.29, 0.717) is 5.95 Å². The quantitative estimate of drug-likeness (QED) is 0.503. The predicted molar refractivity (Wildman–Crippen MR) is 80.0 cm³/mol. The van der Waals surface area contributed by atoms with Crippen LogP contribution in [0.5, 0.6) is 5.75 Å². The molecule has 0 aliphatic carbocycles. The lowest BCUT2D eigenvalue weighted by Gasteiger charge is -2.01. The number of hydrogen-bond acceptors (Lipinski definition) is 4. The van der Waals surface area contributed by atoms with Crippen LogP contribution in [0, 0.1) is 0 Å². The van der Waals surface area contributed by atoms with Gasteiger partial charge < -0.3 is 10.1 Å². The molecule has 0 amide bonds. The molecule has 0 spiro atoms. The van der Waals surface area contributed by atoms with Crippen LogP contribution in [0.2, 0.25) is 0 Å². The number of phenols is 1. The van der Waals surface area contributed by atoms with Crippen molar-refractivity contribution in [1.82, 2.24) is 9.97 Å². The Bertz CT molecular complexity index is 726. The summed E-state index contributed by atoms with van der Waals surface area (Å²) in [4.78, 5) is 7.52. The third-order valence-corrected chi connectivity index (χ3v) is 3.00. The number of rotatable bonds is 3. The van der Waals surface area contributed by atoms with E-state index in [9.17, 15) is 5.11 Å². The Morgan fingerprint density at radius 2 is 1.90 bits per heavy atom. The molecule has 3 aromatic rings. The summed E-state index contributed by atoms with van der Waals surface area (Å²) in [5.41, 5.74) is 6.51. The average Bonchev–Trinajstić information content (AvgIpc) is 2.88. The molecule has 0 aliphatic rings. The molecule has 0 aliphatic heterocycles. The normalized spacial score (nSPS) is 11.8. The van der Waals surface area contributed by atoms with Gasteiger partial charge in [-0.2, -0.15) is 5.10 Å². The van der Waals surface area contributed by atoms with Gasteiger partial charge in [-0.05, 0) is 48.9 Å². The minimum absolute atomic E-state index is 0.242. The summed E-state index contributed by atoms with van der Waals surface area (Å²) in [6.07, 6.45) is 0. The molecule has 3 N–H and O–H groups in total. The number of nitrogens with zero attached hydrogens (tertiary/aromatic N) is 2. The lowest BCUT2D eigenvalue weighted by atomic mass is 10.1. The molecular weight excluding hydrogens is 252 g/mol. The Hall–Kier alpha value is -2.82. The highest BCUT2D eigenvalue weighted by atomic mass is 16.3. The van der Waals surface area contributed by atoms with Crippen LogP contribution in [-0.4, -0.2) is 20.8 Å². The number of aromatic nitrogens is 2. The second-order valence-corrected chi connectivity index (χ2v) is 4.46. The second-order valence-electron chi connectivity index (χ2n) is 4.46. The van der Waals surface area contributed by atoms with Crippen molar-refractivity contribution >= 4 is 22.7 Å². The van der Waals surface area contributed by atoms with Crippen LogP contribution in [-0.2, 0) is 0 Å². The van der Waals surface area contributed by atoms with Crippen LogP contribution in [0.25, 0.3) is 11.0 Å². The van der Waals surface area contributed by atoms with Crippen molar-refractivity contribution in [2.24, 2.45) is 5.10 Å². The fourth-order valence-electron chi connectivity index (χ4n) is 1.91. The summed E-state index contributed by atoms with van der Waals surface area (Å²) in [5.74, 6) is 0.844. The van der Waals surface area contributed by atoms with Gasteiger partial charge in [-0.15, -0.1) is 0 Å². The summed E-state index contributed by atoms with van der Waals surface area (Å²) >= 11 is 0. The molecule has 5 heteroatoms. The standard InChI is InChI=1S/C15H14N4O/c1-10(11-6-8-12(20)9-7-11)18-19-15-16-13-4-2-3-5-14(13)17-15/h2-9,20H,1H3,(H2,16,17,19). The Balaban J connectivity index is 1.80. The lowest BCUT2D eigenvalue weighted by Crippen LogP contribution is -2.00. The lowest BCUT2D eigenvalue weighted by molar-refractivity contribution is 0.475. The van der Waals surface area contributed by atoms with E-state index in [0.717, 1.165) is 22.3 Å². The zero-order valence-corrected chi connectivity index (χ0v) is 11.0. The first-order chi connectivity index (χ1) is 9.72. The molecule has 0 atom stereocenters. The fourth-order valence-corrected chi connectivity index (χ4v) is 1.91. The molecule has 0 bridgehead atoms. The predicted octanol–water partition coefficient (Wildman–Crippen LogP) is 3.10. The van der Waals surface area contributed by atoms with Gasteiger partial charge in [0.1, 0.15) is 5.75 Å². The van der Waals surface area contributed by atoms with E-state index in [4.69, 9.17) is 0 Å². The number of benzene rings is 2. The van der Waals surface area contributed by atoms with Gasteiger partial charge in [0.25, 0.3) is 0 Å². The summed E-state index contributed by atoms with van der Waals surface area (Å²) in [5, 5.41) is 13.5. The summed E-state index contributed by atoms with van der Waals surface area (Å²) in [6, 6.07) is 14.7. The first-order valence-electron chi connectivity index (χ1n) is 6.27. The van der Waals surface area contributed by atoms with Gasteiger partial charge in [-0.1, -0.05) is 12.1 Å². The first-order valence-corrected chi connectivity index (χ1v) is 6.27. The van der Waals surface area contributed by atoms with Crippen molar-refractivity contribution in [3.8, 4) is 5.75 Å². The van der Waals surface area contributed by atoms with Crippen molar-refractivity contribution in [3.05, 3.63) is 54.1 Å². The Labute approximate surface area is 116 Å². The molecule has 5 nitrogen and oxygen atoms in total. The Kier molecular flexibility index (Phi) is 3.09. The number of nitrogens with one attached hydrogen (secondary N) is 2. The van der Waals surface area contributed by atoms with Gasteiger partial charge in [0.15, 0.2) is 0 Å². The minimum Gasteiger partial charge on any atom is -0.508 e. The van der Waals surface area contributed by atoms with Crippen molar-refractivity contribution in [2.45, 2.75) is 6.92 Å². The highest BCUT2D eigenvalue weighted by molar-refractivity contribution is 5.99. The van der Waals surface area contributed by atoms with E-state index in [-0.39, 0.29) is 5.75 Å². The zero-order chi connectivity index (χ0) is 13.9. The van der Waals surface area contributed by atoms with Gasteiger partial charge in [0.2, 0.25) is 5.95 Å². The summed E-state index contributed by atoms with van der Waals surface area (Å²) in [7, 11) is 0. The molecule has 1 heterocycles. The van der Waals surface area contributed by atoms with Crippen molar-refractivity contribution in [1.29, 1.82) is 0 Å². The molecular formula is C15H14N4O. The highest BCUT2D eigenvalue weighted by Crippen LogP contribution is 2.14. The van der Waals surface area contributed by atoms with E-state index in [2.05, 4.69) is 20.5 Å². The smallest absolute Gasteiger partial charge is 0.222 e. The van der Waals surface area contributed by atoms with Crippen LogP contribution in [0.4, 0.5) is 5.95 Å². The molecule has 0 unspecified atom stereocenters. The molecule has 0 fully saturated rings. The van der Waals surface area contributed by atoms with E-state index in [1.807, 2.05) is 43.3 Å². The molecule has 0 saturated carbocycles. The number of aromatic amines is 1. The number of para-hydroxylation sites is 2. The third-order valence-electron chi connectivity index (χ3n) is 3.00. The molecule has 2 aromatic carbocycles. The van der Waals surface area contributed by atoms with Crippen LogP contribution >= 0.6 is 0 Å². The Morgan fingerprint density at radius 1 is 1.15 bits per heavy atom. The number of aromatic hydroxyl groups is 1. The average molecular weight is 266 g/mol. The van der Waals surface area contributed by atoms with Gasteiger partial charge in [-0.3, -0.25) is 0 Å². The van der Waals surface area contributed by atoms with Crippen LogP contribution < -0.4 is 5.43 Å². The maximum Gasteiger partial charge on any atom is 0.222 e. The zero-order valence-electron chi connectivity index (χ0n) is 11.0. The number of hydrogen-bond donors (Lipinski definition) is 3. The number of fused-ring (bicyclic) bond motifs is 1. The maximum absolute atomic E-state index is 9.26. The monoisotopic (exact) mass is 266 g/mol. The molecule has 20 heavy (non-hydrogen) atoms. The number of anilines is 1. The van der Waals surface area contributed by atoms with Gasteiger partial charge in [-0.25, -0.2) is 10.4 Å². The molecule has 100 valence electrons. The van der Waals surface area contributed by atoms with Crippen molar-refractivity contribution in [3.63, 3.8) is 0 Å². The van der Waals surface area contributed by atoms with Crippen molar-refractivity contribution in [2.75, 3.05) is 5.43 Å². The number of phenolic OH excluding ortho intramolecular Hbond substituents is 1. The maximum atomic E-state index is 9.26. The van der Waals surface area contributed by atoms with Gasteiger partial charge in [0, 0.05) is 0 Å². The molecule has 1 aromatic heterocycles. The SMILES string of the molecule is CC(=NNc1nc2ccccc2[nH]1)c1ccc(O)cc1. The van der Waals surface area contributed by atoms with Gasteiger partial charge >= 0.3 is 0 Å². The van der Waals surface area contributed by atoms with Gasteiger partial charge in [0.05, 0.1) is 16.7 Å². The molecule has 3 rings (SSSR count). The van der Waals surface area contributed by atoms with E-state index < -0.39 is 0 Å². The highest BCUT2D eigenvalue weighted by Gasteiger charge is 2.01. The van der Waals surface area contributed by atoms with Crippen molar-refractivity contribution < 1.29 is 5.11 Å². The summed E-state index contributed by atoms with van der Waals surface area (Å²) in [6.45, 7) is 1.89. The number of imidazole rings is 1. The van der Waals surface area contributed by atoms with E-state index >= 15 is 0 Å². The first kappa shape index (κ1) is 12.2. The van der Waals surface area contributed by atoms with Crippen LogP contribution in [0.1, 0.15) is 12.5 Å². The summed E-state index contributed by atoms with van der Waals surface area (Å²) < 4.78 is 0. The Morgan fingerprint density at radius 3 is 2.65 bits per heavy atom. The second kappa shape index (κ2) is 5.05. The number of hydrazone groups is 1. The third kappa shape index (κ3) is 2.47. The fraction of sp³-hybridized carbons (Fsp3) is 0.0667. The molecule has 0 saturated heterocycles. The largest absolute Gasteiger partial charge is 0.508 e. The minimum atomic E-state index is 0.242. The topological polar surface area (TPSA) is 73.3 Å². The van der Waals surface area contributed by atoms with E-state index in [1.165, 1.54) is 0 Å². The van der Waals surface area contributed by atoms with E-state index in [1.54, 1.807) is 12.1 Å².